The SMILES string of the molecule is O=C(NCC(O)(c1ccccc1)C(F)(F)F)c1cccc(O)c1. The van der Waals surface area contributed by atoms with Crippen molar-refractivity contribution in [2.24, 2.45) is 0 Å². The number of aromatic hydroxyl groups is 1. The summed E-state index contributed by atoms with van der Waals surface area (Å²) in [4.78, 5) is 11.9. The zero-order valence-electron chi connectivity index (χ0n) is 11.8. The van der Waals surface area contributed by atoms with Crippen molar-refractivity contribution in [2.75, 3.05) is 6.54 Å². The summed E-state index contributed by atoms with van der Waals surface area (Å²) in [5, 5.41) is 21.4. The average Bonchev–Trinajstić information content (AvgIpc) is 2.52. The lowest BCUT2D eigenvalue weighted by molar-refractivity contribution is -0.263. The minimum Gasteiger partial charge on any atom is -0.508 e. The van der Waals surface area contributed by atoms with Crippen LogP contribution in [0.4, 0.5) is 13.2 Å². The maximum atomic E-state index is 13.3. The van der Waals surface area contributed by atoms with E-state index >= 15 is 0 Å². The number of benzene rings is 2. The number of halogens is 3. The molecule has 0 spiro atoms. The normalized spacial score (nSPS) is 14.1. The molecule has 3 N–H and O–H groups in total. The molecule has 122 valence electrons. The molecule has 1 atom stereocenters. The van der Waals surface area contributed by atoms with Crippen molar-refractivity contribution < 1.29 is 28.2 Å². The van der Waals surface area contributed by atoms with Crippen LogP contribution >= 0.6 is 0 Å². The molecule has 7 heteroatoms. The summed E-state index contributed by atoms with van der Waals surface area (Å²) < 4.78 is 39.8. The summed E-state index contributed by atoms with van der Waals surface area (Å²) in [5.41, 5.74) is -3.59. The Kier molecular flexibility index (Phi) is 4.60. The van der Waals surface area contributed by atoms with Crippen LogP contribution < -0.4 is 5.32 Å². The van der Waals surface area contributed by atoms with Gasteiger partial charge in [0, 0.05) is 5.56 Å². The Labute approximate surface area is 130 Å². The van der Waals surface area contributed by atoms with Gasteiger partial charge in [-0.25, -0.2) is 0 Å². The summed E-state index contributed by atoms with van der Waals surface area (Å²) in [6, 6.07) is 11.7. The number of hydrogen-bond donors (Lipinski definition) is 3. The molecule has 2 aromatic carbocycles. The van der Waals surface area contributed by atoms with Crippen molar-refractivity contribution in [3.05, 3.63) is 65.7 Å². The monoisotopic (exact) mass is 325 g/mol. The van der Waals surface area contributed by atoms with E-state index in [0.717, 1.165) is 18.2 Å². The molecule has 0 aliphatic carbocycles. The van der Waals surface area contributed by atoms with E-state index in [1.807, 2.05) is 0 Å². The number of carbonyl (C=O) groups excluding carboxylic acids is 1. The van der Waals surface area contributed by atoms with Gasteiger partial charge in [0.05, 0.1) is 6.54 Å². The summed E-state index contributed by atoms with van der Waals surface area (Å²) in [7, 11) is 0. The number of phenolic OH excluding ortho intramolecular Hbond substituents is 1. The molecular weight excluding hydrogens is 311 g/mol. The Morgan fingerprint density at radius 3 is 2.26 bits per heavy atom. The van der Waals surface area contributed by atoms with Gasteiger partial charge in [0.25, 0.3) is 5.91 Å². The van der Waals surface area contributed by atoms with Crippen molar-refractivity contribution in [1.82, 2.24) is 5.32 Å². The van der Waals surface area contributed by atoms with Crippen LogP contribution in [0.2, 0.25) is 0 Å². The van der Waals surface area contributed by atoms with Crippen LogP contribution in [0.5, 0.6) is 5.75 Å². The fourth-order valence-electron chi connectivity index (χ4n) is 2.04. The molecule has 0 aliphatic heterocycles. The van der Waals surface area contributed by atoms with E-state index in [1.54, 1.807) is 0 Å². The molecule has 23 heavy (non-hydrogen) atoms. The average molecular weight is 325 g/mol. The predicted octanol–water partition coefficient (Wildman–Crippen LogP) is 2.57. The molecule has 0 heterocycles. The molecule has 0 aromatic heterocycles. The molecule has 0 saturated heterocycles. The van der Waals surface area contributed by atoms with Crippen LogP contribution in [0.25, 0.3) is 0 Å². The van der Waals surface area contributed by atoms with Crippen LogP contribution in [-0.2, 0) is 5.60 Å². The van der Waals surface area contributed by atoms with Gasteiger partial charge < -0.3 is 15.5 Å². The minimum atomic E-state index is -4.97. The molecule has 0 radical (unpaired) electrons. The van der Waals surface area contributed by atoms with Gasteiger partial charge >= 0.3 is 6.18 Å². The van der Waals surface area contributed by atoms with Gasteiger partial charge in [0.2, 0.25) is 5.60 Å². The van der Waals surface area contributed by atoms with E-state index in [2.05, 4.69) is 5.32 Å². The second-order valence-electron chi connectivity index (χ2n) is 4.96. The summed E-state index contributed by atoms with van der Waals surface area (Å²) in [6.45, 7) is -1.05. The van der Waals surface area contributed by atoms with E-state index in [0.29, 0.717) is 0 Å². The number of rotatable bonds is 4. The first-order valence-electron chi connectivity index (χ1n) is 6.66. The minimum absolute atomic E-state index is 0.0115. The molecule has 0 fully saturated rings. The zero-order valence-corrected chi connectivity index (χ0v) is 11.8. The van der Waals surface area contributed by atoms with Gasteiger partial charge in [0.15, 0.2) is 0 Å². The smallest absolute Gasteiger partial charge is 0.423 e. The third-order valence-corrected chi connectivity index (χ3v) is 3.33. The maximum absolute atomic E-state index is 13.3. The van der Waals surface area contributed by atoms with Crippen LogP contribution in [0.3, 0.4) is 0 Å². The van der Waals surface area contributed by atoms with Gasteiger partial charge in [0.1, 0.15) is 5.75 Å². The van der Waals surface area contributed by atoms with Crippen molar-refractivity contribution in [2.45, 2.75) is 11.8 Å². The number of phenols is 1. The van der Waals surface area contributed by atoms with E-state index < -0.39 is 24.2 Å². The Balaban J connectivity index is 2.22. The quantitative estimate of drug-likeness (QED) is 0.809. The van der Waals surface area contributed by atoms with Gasteiger partial charge in [-0.1, -0.05) is 36.4 Å². The fraction of sp³-hybridized carbons (Fsp3) is 0.188. The van der Waals surface area contributed by atoms with E-state index in [-0.39, 0.29) is 16.9 Å². The summed E-state index contributed by atoms with van der Waals surface area (Å²) in [6.07, 6.45) is -4.97. The standard InChI is InChI=1S/C16H14F3NO3/c17-16(18,19)15(23,12-6-2-1-3-7-12)10-20-14(22)11-5-4-8-13(21)9-11/h1-9,21,23H,10H2,(H,20,22). The lowest BCUT2D eigenvalue weighted by atomic mass is 9.93. The van der Waals surface area contributed by atoms with E-state index in [1.165, 1.54) is 36.4 Å². The number of amides is 1. The molecule has 2 aromatic rings. The highest BCUT2D eigenvalue weighted by Gasteiger charge is 2.55. The van der Waals surface area contributed by atoms with Gasteiger partial charge in [-0.3, -0.25) is 4.79 Å². The van der Waals surface area contributed by atoms with Crippen molar-refractivity contribution in [3.8, 4) is 5.75 Å². The Bertz CT molecular complexity index is 688. The largest absolute Gasteiger partial charge is 0.508 e. The van der Waals surface area contributed by atoms with Crippen LogP contribution in [0.1, 0.15) is 15.9 Å². The fourth-order valence-corrected chi connectivity index (χ4v) is 2.04. The maximum Gasteiger partial charge on any atom is 0.423 e. The molecule has 4 nitrogen and oxygen atoms in total. The first-order chi connectivity index (χ1) is 10.7. The number of carbonyl (C=O) groups is 1. The highest BCUT2D eigenvalue weighted by molar-refractivity contribution is 5.94. The Morgan fingerprint density at radius 1 is 1.04 bits per heavy atom. The molecule has 1 unspecified atom stereocenters. The summed E-state index contributed by atoms with van der Waals surface area (Å²) >= 11 is 0. The van der Waals surface area contributed by atoms with Gasteiger partial charge in [-0.15, -0.1) is 0 Å². The van der Waals surface area contributed by atoms with E-state index in [4.69, 9.17) is 0 Å². The van der Waals surface area contributed by atoms with Crippen molar-refractivity contribution >= 4 is 5.91 Å². The lowest BCUT2D eigenvalue weighted by Gasteiger charge is -2.31. The van der Waals surface area contributed by atoms with E-state index in [9.17, 15) is 28.2 Å². The number of hydrogen-bond acceptors (Lipinski definition) is 3. The number of aliphatic hydroxyl groups is 1. The highest BCUT2D eigenvalue weighted by atomic mass is 19.4. The third kappa shape index (κ3) is 3.62. The van der Waals surface area contributed by atoms with Crippen molar-refractivity contribution in [1.29, 1.82) is 0 Å². The predicted molar refractivity (Wildman–Crippen MR) is 76.8 cm³/mol. The number of alkyl halides is 3. The number of nitrogens with one attached hydrogen (secondary N) is 1. The first kappa shape index (κ1) is 16.8. The topological polar surface area (TPSA) is 69.6 Å². The molecular formula is C16H14F3NO3. The van der Waals surface area contributed by atoms with Crippen molar-refractivity contribution in [3.63, 3.8) is 0 Å². The second kappa shape index (κ2) is 6.29. The second-order valence-corrected chi connectivity index (χ2v) is 4.96. The molecule has 1 amide bonds. The molecule has 0 bridgehead atoms. The van der Waals surface area contributed by atoms with Gasteiger partial charge in [-0.2, -0.15) is 13.2 Å². The Morgan fingerprint density at radius 2 is 1.70 bits per heavy atom. The highest BCUT2D eigenvalue weighted by Crippen LogP contribution is 2.38. The third-order valence-electron chi connectivity index (χ3n) is 3.33. The van der Waals surface area contributed by atoms with Crippen LogP contribution in [0.15, 0.2) is 54.6 Å². The van der Waals surface area contributed by atoms with Crippen LogP contribution in [-0.4, -0.2) is 28.8 Å². The van der Waals surface area contributed by atoms with Crippen LogP contribution in [0, 0.1) is 0 Å². The first-order valence-corrected chi connectivity index (χ1v) is 6.66. The van der Waals surface area contributed by atoms with Gasteiger partial charge in [-0.05, 0) is 23.8 Å². The zero-order chi connectivity index (χ0) is 17.1. The molecule has 2 rings (SSSR count). The molecule has 0 aliphatic rings. The lowest BCUT2D eigenvalue weighted by Crippen LogP contribution is -2.51. The Hall–Kier alpha value is -2.54. The summed E-state index contributed by atoms with van der Waals surface area (Å²) in [5.74, 6) is -1.02. The molecule has 0 saturated carbocycles.